The SMILES string of the molecule is NC(=S)NCCCl. The molecule has 0 amide bonds. The summed E-state index contributed by atoms with van der Waals surface area (Å²) < 4.78 is 0. The number of rotatable bonds is 2. The quantitative estimate of drug-likeness (QED) is 0.419. The Morgan fingerprint density at radius 2 is 2.43 bits per heavy atom. The summed E-state index contributed by atoms with van der Waals surface area (Å²) in [5, 5.41) is 2.98. The zero-order valence-corrected chi connectivity index (χ0v) is 5.35. The number of nitrogens with one attached hydrogen (secondary N) is 1. The summed E-state index contributed by atoms with van der Waals surface area (Å²) in [5.74, 6) is 0.539. The first-order valence-electron chi connectivity index (χ1n) is 1.86. The fraction of sp³-hybridized carbons (Fsp3) is 0.667. The summed E-state index contributed by atoms with van der Waals surface area (Å²) in [4.78, 5) is 0. The van der Waals surface area contributed by atoms with Gasteiger partial charge in [-0.1, -0.05) is 0 Å². The van der Waals surface area contributed by atoms with Gasteiger partial charge in [-0.25, -0.2) is 0 Å². The lowest BCUT2D eigenvalue weighted by atomic mass is 10.7. The summed E-state index contributed by atoms with van der Waals surface area (Å²) in [6.07, 6.45) is 0. The van der Waals surface area contributed by atoms with Gasteiger partial charge in [0.2, 0.25) is 0 Å². The first-order chi connectivity index (χ1) is 3.27. The highest BCUT2D eigenvalue weighted by Crippen LogP contribution is 1.67. The maximum Gasteiger partial charge on any atom is 0.163 e. The van der Waals surface area contributed by atoms with Crippen LogP contribution in [-0.4, -0.2) is 17.5 Å². The second-order valence-electron chi connectivity index (χ2n) is 0.980. The Kier molecular flexibility index (Phi) is 4.14. The second-order valence-corrected chi connectivity index (χ2v) is 1.80. The van der Waals surface area contributed by atoms with Gasteiger partial charge in [-0.05, 0) is 12.2 Å². The predicted octanol–water partition coefficient (Wildman–Crippen LogP) is 0.0584. The van der Waals surface area contributed by atoms with Crippen LogP contribution in [0.15, 0.2) is 0 Å². The molecule has 7 heavy (non-hydrogen) atoms. The minimum atomic E-state index is 0.306. The van der Waals surface area contributed by atoms with Gasteiger partial charge >= 0.3 is 0 Å². The van der Waals surface area contributed by atoms with Gasteiger partial charge < -0.3 is 11.1 Å². The molecule has 0 atom stereocenters. The number of halogens is 1. The van der Waals surface area contributed by atoms with E-state index in [1.807, 2.05) is 0 Å². The van der Waals surface area contributed by atoms with Crippen molar-refractivity contribution in [2.24, 2.45) is 5.73 Å². The molecular formula is C3H7ClN2S. The monoisotopic (exact) mass is 138 g/mol. The molecule has 0 saturated carbocycles. The molecule has 0 aliphatic carbocycles. The molecule has 0 spiro atoms. The van der Waals surface area contributed by atoms with E-state index < -0.39 is 0 Å². The van der Waals surface area contributed by atoms with Gasteiger partial charge in [0.15, 0.2) is 5.11 Å². The van der Waals surface area contributed by atoms with Crippen molar-refractivity contribution in [1.29, 1.82) is 0 Å². The molecule has 0 bridgehead atoms. The second kappa shape index (κ2) is 4.15. The van der Waals surface area contributed by atoms with Crippen molar-refractivity contribution in [3.63, 3.8) is 0 Å². The molecule has 4 heteroatoms. The number of hydrogen-bond donors (Lipinski definition) is 2. The largest absolute Gasteiger partial charge is 0.376 e. The van der Waals surface area contributed by atoms with Crippen molar-refractivity contribution in [2.75, 3.05) is 12.4 Å². The van der Waals surface area contributed by atoms with Gasteiger partial charge in [0.25, 0.3) is 0 Å². The first kappa shape index (κ1) is 6.98. The van der Waals surface area contributed by atoms with Crippen molar-refractivity contribution in [3.8, 4) is 0 Å². The van der Waals surface area contributed by atoms with E-state index >= 15 is 0 Å². The van der Waals surface area contributed by atoms with Crippen LogP contribution in [0.2, 0.25) is 0 Å². The van der Waals surface area contributed by atoms with Gasteiger partial charge in [0.05, 0.1) is 0 Å². The van der Waals surface area contributed by atoms with Gasteiger partial charge in [0.1, 0.15) is 0 Å². The highest BCUT2D eigenvalue weighted by atomic mass is 35.5. The molecule has 0 aromatic carbocycles. The lowest BCUT2D eigenvalue weighted by Crippen LogP contribution is -2.30. The Hall–Kier alpha value is -0.0200. The summed E-state index contributed by atoms with van der Waals surface area (Å²) >= 11 is 9.74. The predicted molar refractivity (Wildman–Crippen MR) is 35.5 cm³/mol. The summed E-state index contributed by atoms with van der Waals surface area (Å²) in [5.41, 5.74) is 5.04. The third-order valence-corrected chi connectivity index (χ3v) is 0.727. The van der Waals surface area contributed by atoms with Gasteiger partial charge in [-0.3, -0.25) is 0 Å². The topological polar surface area (TPSA) is 38.0 Å². The van der Waals surface area contributed by atoms with Gasteiger partial charge in [0, 0.05) is 12.4 Å². The molecule has 3 N–H and O–H groups in total. The zero-order valence-electron chi connectivity index (χ0n) is 3.78. The summed E-state index contributed by atoms with van der Waals surface area (Å²) in [7, 11) is 0. The highest BCUT2D eigenvalue weighted by molar-refractivity contribution is 7.80. The molecule has 0 aromatic rings. The minimum absolute atomic E-state index is 0.306. The van der Waals surface area contributed by atoms with Crippen LogP contribution in [0.1, 0.15) is 0 Å². The third-order valence-electron chi connectivity index (χ3n) is 0.394. The highest BCUT2D eigenvalue weighted by Gasteiger charge is 1.80. The fourth-order valence-corrected chi connectivity index (χ4v) is 0.367. The third kappa shape index (κ3) is 5.98. The molecule has 0 fully saturated rings. The molecule has 0 rings (SSSR count). The summed E-state index contributed by atoms with van der Waals surface area (Å²) in [6, 6.07) is 0. The average Bonchev–Trinajstić information content (AvgIpc) is 1.61. The zero-order chi connectivity index (χ0) is 5.70. The molecule has 2 nitrogen and oxygen atoms in total. The maximum absolute atomic E-state index is 5.27. The van der Waals surface area contributed by atoms with E-state index in [2.05, 4.69) is 17.5 Å². The molecular weight excluding hydrogens is 132 g/mol. The van der Waals surface area contributed by atoms with E-state index in [0.29, 0.717) is 17.5 Å². The minimum Gasteiger partial charge on any atom is -0.376 e. The molecule has 0 aliphatic heterocycles. The Morgan fingerprint density at radius 1 is 1.86 bits per heavy atom. The molecule has 42 valence electrons. The van der Waals surface area contributed by atoms with Crippen molar-refractivity contribution in [1.82, 2.24) is 5.32 Å². The van der Waals surface area contributed by atoms with Crippen LogP contribution in [-0.2, 0) is 0 Å². The van der Waals surface area contributed by atoms with E-state index in [-0.39, 0.29) is 0 Å². The Bertz CT molecular complexity index is 66.0. The van der Waals surface area contributed by atoms with E-state index in [4.69, 9.17) is 17.3 Å². The van der Waals surface area contributed by atoms with Crippen LogP contribution in [0.5, 0.6) is 0 Å². The molecule has 0 aliphatic rings. The number of alkyl halides is 1. The Balaban J connectivity index is 2.82. The Morgan fingerprint density at radius 3 is 2.57 bits per heavy atom. The maximum atomic E-state index is 5.27. The Labute approximate surface area is 53.0 Å². The van der Waals surface area contributed by atoms with Crippen LogP contribution < -0.4 is 11.1 Å². The van der Waals surface area contributed by atoms with Crippen LogP contribution >= 0.6 is 23.8 Å². The molecule has 0 saturated heterocycles. The number of nitrogens with two attached hydrogens (primary N) is 1. The molecule has 0 heterocycles. The van der Waals surface area contributed by atoms with Crippen LogP contribution in [0.4, 0.5) is 0 Å². The number of thiocarbonyl (C=S) groups is 1. The fourth-order valence-electron chi connectivity index (χ4n) is 0.170. The van der Waals surface area contributed by atoms with Crippen molar-refractivity contribution in [3.05, 3.63) is 0 Å². The normalized spacial score (nSPS) is 8.14. The average molecular weight is 139 g/mol. The van der Waals surface area contributed by atoms with E-state index in [9.17, 15) is 0 Å². The van der Waals surface area contributed by atoms with Crippen molar-refractivity contribution < 1.29 is 0 Å². The van der Waals surface area contributed by atoms with Crippen LogP contribution in [0.3, 0.4) is 0 Å². The molecule has 0 unspecified atom stereocenters. The van der Waals surface area contributed by atoms with E-state index in [0.717, 1.165) is 0 Å². The van der Waals surface area contributed by atoms with Crippen molar-refractivity contribution >= 4 is 28.9 Å². The van der Waals surface area contributed by atoms with E-state index in [1.54, 1.807) is 0 Å². The number of hydrogen-bond acceptors (Lipinski definition) is 1. The first-order valence-corrected chi connectivity index (χ1v) is 2.81. The lowest BCUT2D eigenvalue weighted by molar-refractivity contribution is 0.979. The van der Waals surface area contributed by atoms with Crippen molar-refractivity contribution in [2.45, 2.75) is 0 Å². The molecule has 0 aromatic heterocycles. The lowest BCUT2D eigenvalue weighted by Gasteiger charge is -1.95. The van der Waals surface area contributed by atoms with Crippen LogP contribution in [0, 0.1) is 0 Å². The van der Waals surface area contributed by atoms with Gasteiger partial charge in [-0.2, -0.15) is 0 Å². The molecule has 0 radical (unpaired) electrons. The summed E-state index contributed by atoms with van der Waals surface area (Å²) in [6.45, 7) is 0.650. The standard InChI is InChI=1S/C3H7ClN2S/c4-1-2-6-3(5)7/h1-2H2,(H3,5,6,7). The van der Waals surface area contributed by atoms with Gasteiger partial charge in [-0.15, -0.1) is 11.6 Å². The smallest absolute Gasteiger partial charge is 0.163 e. The van der Waals surface area contributed by atoms with Crippen LogP contribution in [0.25, 0.3) is 0 Å². The van der Waals surface area contributed by atoms with E-state index in [1.165, 1.54) is 0 Å².